The van der Waals surface area contributed by atoms with Gasteiger partial charge in [-0.05, 0) is 25.1 Å². The molecular weight excluding hydrogens is 316 g/mol. The number of benzene rings is 1. The maximum absolute atomic E-state index is 12.4. The number of aromatic amines is 1. The minimum Gasteiger partial charge on any atom is -0.492 e. The van der Waals surface area contributed by atoms with Crippen LogP contribution in [0.25, 0.3) is 0 Å². The van der Waals surface area contributed by atoms with E-state index in [0.29, 0.717) is 13.2 Å². The van der Waals surface area contributed by atoms with Gasteiger partial charge in [0.25, 0.3) is 11.7 Å². The summed E-state index contributed by atoms with van der Waals surface area (Å²) in [6, 6.07) is 13.7. The summed E-state index contributed by atoms with van der Waals surface area (Å²) in [7, 11) is 0. The molecule has 25 heavy (non-hydrogen) atoms. The number of carbonyl (C=O) groups excluding carboxylic acids is 1. The van der Waals surface area contributed by atoms with Gasteiger partial charge in [0.15, 0.2) is 6.54 Å². The number of nitrogens with one attached hydrogen (secondary N) is 3. The highest BCUT2D eigenvalue weighted by Crippen LogP contribution is 2.23. The number of rotatable bonds is 6. The third kappa shape index (κ3) is 4.70. The molecule has 6 nitrogen and oxygen atoms in total. The van der Waals surface area contributed by atoms with Crippen molar-refractivity contribution in [3.63, 3.8) is 0 Å². The fourth-order valence-corrected chi connectivity index (χ4v) is 3.09. The topological polar surface area (TPSA) is 60.1 Å². The Labute approximate surface area is 148 Å². The Hall–Kier alpha value is -2.60. The van der Waals surface area contributed by atoms with Crippen LogP contribution in [0.1, 0.15) is 6.92 Å². The molecule has 0 spiro atoms. The van der Waals surface area contributed by atoms with E-state index in [2.05, 4.69) is 21.3 Å². The number of amides is 1. The fraction of sp³-hybridized carbons (Fsp3) is 0.368. The van der Waals surface area contributed by atoms with Crippen LogP contribution in [-0.2, 0) is 4.79 Å². The summed E-state index contributed by atoms with van der Waals surface area (Å²) in [6.45, 7) is 6.78. The molecule has 0 atom stereocenters. The lowest BCUT2D eigenvalue weighted by Crippen LogP contribution is -3.15. The van der Waals surface area contributed by atoms with E-state index >= 15 is 0 Å². The average Bonchev–Trinajstić information content (AvgIpc) is 2.65. The number of piperazine rings is 1. The standard InChI is InChI=1S/C19H24N4O2/c1-2-25-17-8-4-3-7-16(17)21-19(24)15-22-11-13-23(14-12-22)18-9-5-6-10-20-18/h3-10H,2,11-15H2,1H3,(H,21,24)/p+2. The van der Waals surface area contributed by atoms with E-state index in [1.165, 1.54) is 4.90 Å². The second-order valence-corrected chi connectivity index (χ2v) is 6.14. The molecule has 0 unspecified atom stereocenters. The van der Waals surface area contributed by atoms with Crippen LogP contribution in [0, 0.1) is 0 Å². The van der Waals surface area contributed by atoms with Crippen molar-refractivity contribution in [3.8, 4) is 5.75 Å². The van der Waals surface area contributed by atoms with Gasteiger partial charge in [0.2, 0.25) is 0 Å². The molecule has 1 aromatic carbocycles. The Morgan fingerprint density at radius 3 is 2.68 bits per heavy atom. The lowest BCUT2D eigenvalue weighted by Gasteiger charge is -2.27. The smallest absolute Gasteiger partial charge is 0.279 e. The molecular formula is C19H26N4O2+2. The van der Waals surface area contributed by atoms with Crippen molar-refractivity contribution in [1.82, 2.24) is 0 Å². The van der Waals surface area contributed by atoms with E-state index in [0.717, 1.165) is 43.4 Å². The van der Waals surface area contributed by atoms with Crippen LogP contribution >= 0.6 is 0 Å². The zero-order chi connectivity index (χ0) is 17.5. The summed E-state index contributed by atoms with van der Waals surface area (Å²) in [4.78, 5) is 19.3. The number of anilines is 2. The van der Waals surface area contributed by atoms with E-state index in [1.54, 1.807) is 0 Å². The highest BCUT2D eigenvalue weighted by molar-refractivity contribution is 5.92. The number of para-hydroxylation sites is 2. The summed E-state index contributed by atoms with van der Waals surface area (Å²) >= 11 is 0. The van der Waals surface area contributed by atoms with Gasteiger partial charge in [-0.15, -0.1) is 0 Å². The monoisotopic (exact) mass is 342 g/mol. The number of pyridine rings is 1. The average molecular weight is 342 g/mol. The zero-order valence-electron chi connectivity index (χ0n) is 14.6. The number of hydrogen-bond acceptors (Lipinski definition) is 3. The van der Waals surface area contributed by atoms with E-state index < -0.39 is 0 Å². The van der Waals surface area contributed by atoms with Crippen LogP contribution in [0.3, 0.4) is 0 Å². The van der Waals surface area contributed by atoms with Crippen LogP contribution in [0.15, 0.2) is 48.7 Å². The first kappa shape index (κ1) is 17.2. The van der Waals surface area contributed by atoms with Crippen LogP contribution < -0.4 is 24.8 Å². The van der Waals surface area contributed by atoms with Gasteiger partial charge in [0.1, 0.15) is 31.9 Å². The molecule has 0 radical (unpaired) electrons. The SMILES string of the molecule is CCOc1ccccc1NC(=O)C[NH+]1CCN(c2cccc[nH+]2)CC1. The normalized spacial score (nSPS) is 15.0. The number of quaternary nitrogens is 1. The number of nitrogens with zero attached hydrogens (tertiary/aromatic N) is 1. The van der Waals surface area contributed by atoms with Crippen LogP contribution in [0.4, 0.5) is 11.5 Å². The molecule has 1 fully saturated rings. The summed E-state index contributed by atoms with van der Waals surface area (Å²) < 4.78 is 5.56. The summed E-state index contributed by atoms with van der Waals surface area (Å²) in [5, 5.41) is 2.98. The first-order valence-electron chi connectivity index (χ1n) is 8.83. The lowest BCUT2D eigenvalue weighted by atomic mass is 10.2. The number of H-pyrrole nitrogens is 1. The van der Waals surface area contributed by atoms with Gasteiger partial charge >= 0.3 is 0 Å². The Bertz CT molecular complexity index is 685. The molecule has 1 saturated heterocycles. The molecule has 132 valence electrons. The number of hydrogen-bond donors (Lipinski definition) is 2. The highest BCUT2D eigenvalue weighted by atomic mass is 16.5. The predicted molar refractivity (Wildman–Crippen MR) is 97.0 cm³/mol. The van der Waals surface area contributed by atoms with E-state index in [-0.39, 0.29) is 5.91 Å². The summed E-state index contributed by atoms with van der Waals surface area (Å²) in [5.41, 5.74) is 0.742. The Balaban J connectivity index is 1.50. The second-order valence-electron chi connectivity index (χ2n) is 6.14. The quantitative estimate of drug-likeness (QED) is 0.791. The van der Waals surface area contributed by atoms with Crippen LogP contribution in [-0.4, -0.2) is 45.2 Å². The minimum atomic E-state index is 0.0295. The molecule has 1 amide bonds. The van der Waals surface area contributed by atoms with Crippen LogP contribution in [0.2, 0.25) is 0 Å². The maximum Gasteiger partial charge on any atom is 0.279 e. The molecule has 2 heterocycles. The minimum absolute atomic E-state index is 0.0295. The van der Waals surface area contributed by atoms with Gasteiger partial charge in [-0.25, -0.2) is 4.98 Å². The van der Waals surface area contributed by atoms with Gasteiger partial charge in [-0.1, -0.05) is 18.2 Å². The van der Waals surface area contributed by atoms with Gasteiger partial charge in [-0.2, -0.15) is 0 Å². The van der Waals surface area contributed by atoms with Crippen molar-refractivity contribution < 1.29 is 19.4 Å². The molecule has 1 aliphatic heterocycles. The Morgan fingerprint density at radius 2 is 1.96 bits per heavy atom. The summed E-state index contributed by atoms with van der Waals surface area (Å²) in [6.07, 6.45) is 1.94. The van der Waals surface area contributed by atoms with Crippen molar-refractivity contribution in [2.45, 2.75) is 6.92 Å². The second kappa shape index (κ2) is 8.48. The van der Waals surface area contributed by atoms with Gasteiger partial charge in [0.05, 0.1) is 18.5 Å². The van der Waals surface area contributed by atoms with Crippen molar-refractivity contribution in [2.75, 3.05) is 49.5 Å². The van der Waals surface area contributed by atoms with E-state index in [4.69, 9.17) is 4.74 Å². The van der Waals surface area contributed by atoms with Gasteiger partial charge < -0.3 is 15.0 Å². The van der Waals surface area contributed by atoms with E-state index in [1.807, 2.05) is 49.5 Å². The Kier molecular flexibility index (Phi) is 5.85. The zero-order valence-corrected chi connectivity index (χ0v) is 14.6. The molecule has 3 N–H and O–H groups in total. The predicted octanol–water partition coefficient (Wildman–Crippen LogP) is 0.243. The molecule has 0 aliphatic carbocycles. The van der Waals surface area contributed by atoms with Crippen molar-refractivity contribution in [1.29, 1.82) is 0 Å². The number of ether oxygens (including phenoxy) is 1. The van der Waals surface area contributed by atoms with Gasteiger partial charge in [0, 0.05) is 6.07 Å². The third-order valence-electron chi connectivity index (χ3n) is 4.38. The molecule has 6 heteroatoms. The van der Waals surface area contributed by atoms with Crippen molar-refractivity contribution in [2.24, 2.45) is 0 Å². The first-order chi connectivity index (χ1) is 12.3. The molecule has 2 aromatic rings. The maximum atomic E-state index is 12.4. The third-order valence-corrected chi connectivity index (χ3v) is 4.38. The van der Waals surface area contributed by atoms with E-state index in [9.17, 15) is 4.79 Å². The summed E-state index contributed by atoms with van der Waals surface area (Å²) in [5.74, 6) is 1.89. The molecule has 0 bridgehead atoms. The van der Waals surface area contributed by atoms with Crippen molar-refractivity contribution in [3.05, 3.63) is 48.7 Å². The largest absolute Gasteiger partial charge is 0.492 e. The lowest BCUT2D eigenvalue weighted by molar-refractivity contribution is -0.892. The molecule has 1 aromatic heterocycles. The Morgan fingerprint density at radius 1 is 1.20 bits per heavy atom. The van der Waals surface area contributed by atoms with Crippen molar-refractivity contribution >= 4 is 17.4 Å². The highest BCUT2D eigenvalue weighted by Gasteiger charge is 2.27. The molecule has 1 aliphatic rings. The first-order valence-corrected chi connectivity index (χ1v) is 8.83. The van der Waals surface area contributed by atoms with Crippen LogP contribution in [0.5, 0.6) is 5.75 Å². The van der Waals surface area contributed by atoms with Gasteiger partial charge in [-0.3, -0.25) is 9.69 Å². The number of carbonyl (C=O) groups is 1. The molecule has 3 rings (SSSR count). The molecule has 0 saturated carbocycles. The fourth-order valence-electron chi connectivity index (χ4n) is 3.09. The number of aromatic nitrogens is 1.